The summed E-state index contributed by atoms with van der Waals surface area (Å²) in [6.45, 7) is 2.14. The van der Waals surface area contributed by atoms with Crippen LogP contribution in [0.25, 0.3) is 0 Å². The minimum absolute atomic E-state index is 0.0759. The van der Waals surface area contributed by atoms with Crippen LogP contribution < -0.4 is 16.0 Å². The van der Waals surface area contributed by atoms with Crippen molar-refractivity contribution in [3.63, 3.8) is 0 Å². The molecular weight excluding hydrogens is 186 g/mol. The molecule has 1 aliphatic rings. The molecule has 1 unspecified atom stereocenters. The van der Waals surface area contributed by atoms with Crippen LogP contribution in [0.3, 0.4) is 0 Å². The van der Waals surface area contributed by atoms with Gasteiger partial charge in [0.05, 0.1) is 13.2 Å². The number of ether oxygens (including phenoxy) is 1. The van der Waals surface area contributed by atoms with Crippen molar-refractivity contribution >= 4 is 11.9 Å². The minimum Gasteiger partial charge on any atom is -0.468 e. The summed E-state index contributed by atoms with van der Waals surface area (Å²) in [7, 11) is 1.29. The topological polar surface area (TPSA) is 79.5 Å². The summed E-state index contributed by atoms with van der Waals surface area (Å²) in [4.78, 5) is 22.1. The monoisotopic (exact) mass is 201 g/mol. The van der Waals surface area contributed by atoms with Crippen molar-refractivity contribution in [3.8, 4) is 0 Å². The molecule has 0 aromatic heterocycles. The smallest absolute Gasteiger partial charge is 0.325 e. The number of rotatable bonds is 3. The third-order valence-electron chi connectivity index (χ3n) is 1.99. The number of esters is 1. The zero-order valence-electron chi connectivity index (χ0n) is 8.13. The van der Waals surface area contributed by atoms with E-state index in [-0.39, 0.29) is 18.5 Å². The maximum absolute atomic E-state index is 11.4. The van der Waals surface area contributed by atoms with Crippen LogP contribution in [0.15, 0.2) is 0 Å². The molecule has 1 heterocycles. The first-order chi connectivity index (χ1) is 6.74. The Kier molecular flexibility index (Phi) is 4.34. The predicted octanol–water partition coefficient (Wildman–Crippen LogP) is -2.16. The number of piperazine rings is 1. The molecule has 80 valence electrons. The van der Waals surface area contributed by atoms with Gasteiger partial charge in [0.25, 0.3) is 0 Å². The van der Waals surface area contributed by atoms with Gasteiger partial charge in [-0.3, -0.25) is 9.59 Å². The summed E-state index contributed by atoms with van der Waals surface area (Å²) >= 11 is 0. The van der Waals surface area contributed by atoms with Crippen LogP contribution in [0.4, 0.5) is 0 Å². The van der Waals surface area contributed by atoms with E-state index in [1.807, 2.05) is 0 Å². The third kappa shape index (κ3) is 3.31. The van der Waals surface area contributed by atoms with Gasteiger partial charge in [-0.05, 0) is 0 Å². The maximum atomic E-state index is 11.4. The summed E-state index contributed by atoms with van der Waals surface area (Å²) in [5, 5.41) is 8.60. The van der Waals surface area contributed by atoms with Gasteiger partial charge in [-0.2, -0.15) is 0 Å². The minimum atomic E-state index is -0.442. The van der Waals surface area contributed by atoms with E-state index in [1.54, 1.807) is 0 Å². The van der Waals surface area contributed by atoms with E-state index in [0.717, 1.165) is 13.1 Å². The number of amides is 1. The van der Waals surface area contributed by atoms with Crippen molar-refractivity contribution in [1.82, 2.24) is 16.0 Å². The fraction of sp³-hybridized carbons (Fsp3) is 0.750. The molecule has 1 amide bonds. The van der Waals surface area contributed by atoms with Crippen molar-refractivity contribution in [2.24, 2.45) is 0 Å². The first-order valence-electron chi connectivity index (χ1n) is 4.52. The zero-order valence-corrected chi connectivity index (χ0v) is 8.13. The molecule has 14 heavy (non-hydrogen) atoms. The van der Waals surface area contributed by atoms with Crippen LogP contribution in [0.1, 0.15) is 0 Å². The zero-order chi connectivity index (χ0) is 10.4. The Morgan fingerprint density at radius 3 is 2.86 bits per heavy atom. The van der Waals surface area contributed by atoms with Gasteiger partial charge < -0.3 is 20.7 Å². The van der Waals surface area contributed by atoms with Gasteiger partial charge in [0, 0.05) is 19.6 Å². The summed E-state index contributed by atoms with van der Waals surface area (Å²) < 4.78 is 4.40. The predicted molar refractivity (Wildman–Crippen MR) is 49.7 cm³/mol. The molecule has 1 fully saturated rings. The number of methoxy groups -OCH3 is 1. The van der Waals surface area contributed by atoms with E-state index in [0.29, 0.717) is 6.54 Å². The van der Waals surface area contributed by atoms with Gasteiger partial charge in [0.15, 0.2) is 0 Å². The van der Waals surface area contributed by atoms with E-state index in [4.69, 9.17) is 0 Å². The van der Waals surface area contributed by atoms with Crippen molar-refractivity contribution < 1.29 is 14.3 Å². The summed E-state index contributed by atoms with van der Waals surface area (Å²) in [5.41, 5.74) is 0. The highest BCUT2D eigenvalue weighted by atomic mass is 16.5. The first kappa shape index (κ1) is 10.9. The number of hydrogen-bond donors (Lipinski definition) is 3. The van der Waals surface area contributed by atoms with Crippen molar-refractivity contribution in [1.29, 1.82) is 0 Å². The first-order valence-corrected chi connectivity index (χ1v) is 4.52. The largest absolute Gasteiger partial charge is 0.468 e. The normalized spacial score (nSPS) is 21.4. The average Bonchev–Trinajstić information content (AvgIpc) is 2.26. The van der Waals surface area contributed by atoms with Crippen LogP contribution in [-0.2, 0) is 14.3 Å². The molecule has 6 nitrogen and oxygen atoms in total. The van der Waals surface area contributed by atoms with E-state index < -0.39 is 5.97 Å². The Balaban J connectivity index is 2.23. The molecular formula is C8H15N3O3. The molecule has 3 N–H and O–H groups in total. The van der Waals surface area contributed by atoms with E-state index in [1.165, 1.54) is 7.11 Å². The fourth-order valence-corrected chi connectivity index (χ4v) is 1.19. The fourth-order valence-electron chi connectivity index (χ4n) is 1.19. The Labute approximate surface area is 82.4 Å². The molecule has 0 saturated carbocycles. The molecule has 6 heteroatoms. The van der Waals surface area contributed by atoms with Gasteiger partial charge in [-0.1, -0.05) is 0 Å². The number of hydrogen-bond acceptors (Lipinski definition) is 5. The third-order valence-corrected chi connectivity index (χ3v) is 1.99. The standard InChI is InChI=1S/C8H15N3O3/c1-14-7(12)5-11-8(13)6-4-9-2-3-10-6/h6,9-10H,2-5H2,1H3,(H,11,13). The highest BCUT2D eigenvalue weighted by Crippen LogP contribution is 1.86. The van der Waals surface area contributed by atoms with Crippen LogP contribution in [0, 0.1) is 0 Å². The lowest BCUT2D eigenvalue weighted by molar-refractivity contribution is -0.141. The summed E-state index contributed by atoms with van der Waals surface area (Å²) in [6.07, 6.45) is 0. The van der Waals surface area contributed by atoms with Crippen molar-refractivity contribution in [2.75, 3.05) is 33.3 Å². The van der Waals surface area contributed by atoms with Crippen molar-refractivity contribution in [2.45, 2.75) is 6.04 Å². The molecule has 1 atom stereocenters. The molecule has 0 spiro atoms. The average molecular weight is 201 g/mol. The Morgan fingerprint density at radius 2 is 2.29 bits per heavy atom. The Bertz CT molecular complexity index is 214. The van der Waals surface area contributed by atoms with E-state index in [9.17, 15) is 9.59 Å². The van der Waals surface area contributed by atoms with E-state index >= 15 is 0 Å². The van der Waals surface area contributed by atoms with Gasteiger partial charge in [0.1, 0.15) is 6.54 Å². The van der Waals surface area contributed by atoms with Gasteiger partial charge in [-0.15, -0.1) is 0 Å². The molecule has 1 aliphatic heterocycles. The second-order valence-corrected chi connectivity index (χ2v) is 3.00. The summed E-state index contributed by atoms with van der Waals surface area (Å²) in [6, 6.07) is -0.256. The SMILES string of the molecule is COC(=O)CNC(=O)C1CNCCN1. The molecule has 0 radical (unpaired) electrons. The molecule has 1 saturated heterocycles. The van der Waals surface area contributed by atoms with E-state index in [2.05, 4.69) is 20.7 Å². The number of carbonyl (C=O) groups excluding carboxylic acids is 2. The number of nitrogens with one attached hydrogen (secondary N) is 3. The van der Waals surface area contributed by atoms with Crippen LogP contribution in [0.2, 0.25) is 0 Å². The molecule has 0 aliphatic carbocycles. The van der Waals surface area contributed by atoms with Crippen LogP contribution >= 0.6 is 0 Å². The van der Waals surface area contributed by atoms with Gasteiger partial charge in [-0.25, -0.2) is 0 Å². The van der Waals surface area contributed by atoms with Gasteiger partial charge >= 0.3 is 5.97 Å². The molecule has 0 bridgehead atoms. The Morgan fingerprint density at radius 1 is 1.50 bits per heavy atom. The lowest BCUT2D eigenvalue weighted by atomic mass is 10.2. The maximum Gasteiger partial charge on any atom is 0.325 e. The highest BCUT2D eigenvalue weighted by Gasteiger charge is 2.20. The molecule has 0 aromatic rings. The molecule has 1 rings (SSSR count). The highest BCUT2D eigenvalue weighted by molar-refractivity contribution is 5.85. The second-order valence-electron chi connectivity index (χ2n) is 3.00. The van der Waals surface area contributed by atoms with Gasteiger partial charge in [0.2, 0.25) is 5.91 Å². The quantitative estimate of drug-likeness (QED) is 0.453. The van der Waals surface area contributed by atoms with Crippen molar-refractivity contribution in [3.05, 3.63) is 0 Å². The Hall–Kier alpha value is -1.14. The van der Waals surface area contributed by atoms with Crippen LogP contribution in [0.5, 0.6) is 0 Å². The lowest BCUT2D eigenvalue weighted by Gasteiger charge is -2.23. The summed E-state index contributed by atoms with van der Waals surface area (Å²) in [5.74, 6) is -0.621. The lowest BCUT2D eigenvalue weighted by Crippen LogP contribution is -2.56. The molecule has 0 aromatic carbocycles. The second kappa shape index (κ2) is 5.56. The van der Waals surface area contributed by atoms with Crippen LogP contribution in [-0.4, -0.2) is 51.2 Å². The number of carbonyl (C=O) groups is 2.